The average Bonchev–Trinajstić information content (AvgIpc) is 2.89. The van der Waals surface area contributed by atoms with Gasteiger partial charge in [0.2, 0.25) is 0 Å². The monoisotopic (exact) mass is 373 g/mol. The number of aromatic amines is 1. The lowest BCUT2D eigenvalue weighted by Gasteiger charge is -2.22. The maximum absolute atomic E-state index is 13.1. The fourth-order valence-electron chi connectivity index (χ4n) is 2.32. The van der Waals surface area contributed by atoms with Crippen molar-refractivity contribution in [2.45, 2.75) is 25.2 Å². The molecule has 3 heterocycles. The van der Waals surface area contributed by atoms with Crippen LogP contribution in [-0.4, -0.2) is 38.7 Å². The normalized spacial score (nSPS) is 20.1. The predicted octanol–water partition coefficient (Wildman–Crippen LogP) is 3.39. The summed E-state index contributed by atoms with van der Waals surface area (Å²) in [5, 5.41) is 1.20. The van der Waals surface area contributed by atoms with Gasteiger partial charge in [-0.3, -0.25) is 4.98 Å². The Labute approximate surface area is 144 Å². The number of fused-ring (bicyclic) bond motifs is 1. The lowest BCUT2D eigenvalue weighted by atomic mass is 10.0. The van der Waals surface area contributed by atoms with E-state index in [1.807, 2.05) is 0 Å². The van der Waals surface area contributed by atoms with Gasteiger partial charge in [0.25, 0.3) is 0 Å². The summed E-state index contributed by atoms with van der Waals surface area (Å²) in [6.45, 7) is 1.64. The highest BCUT2D eigenvalue weighted by atomic mass is 35.5. The van der Waals surface area contributed by atoms with Crippen molar-refractivity contribution in [3.63, 3.8) is 0 Å². The molecule has 3 N–H and O–H groups in total. The highest BCUT2D eigenvalue weighted by molar-refractivity contribution is 7.82. The number of pyridine rings is 1. The van der Waals surface area contributed by atoms with E-state index < -0.39 is 28.8 Å². The molecule has 0 spiro atoms. The topological polar surface area (TPSA) is 79.4 Å². The third kappa shape index (κ3) is 2.94. The number of aromatic nitrogens is 2. The first-order valence-corrected chi connectivity index (χ1v) is 7.63. The van der Waals surface area contributed by atoms with Gasteiger partial charge in [-0.15, -0.1) is 0 Å². The minimum Gasteiger partial charge on any atom is -0.358 e. The fraction of sp³-hybridized carbons (Fsp3) is 0.286. The Morgan fingerprint density at radius 2 is 2.12 bits per heavy atom. The van der Waals surface area contributed by atoms with Crippen molar-refractivity contribution in [3.8, 4) is 0 Å². The largest absolute Gasteiger partial charge is 0.434 e. The Morgan fingerprint density at radius 1 is 1.42 bits per heavy atom. The molecule has 0 fully saturated rings. The Hall–Kier alpha value is -1.84. The van der Waals surface area contributed by atoms with E-state index in [4.69, 9.17) is 29.6 Å². The molecule has 1 aliphatic rings. The van der Waals surface area contributed by atoms with Gasteiger partial charge < -0.3 is 10.7 Å². The smallest absolute Gasteiger partial charge is 0.358 e. The molecule has 0 bridgehead atoms. The second-order valence-corrected chi connectivity index (χ2v) is 6.11. The molecule has 2 atom stereocenters. The second kappa shape index (κ2) is 5.91. The molecule has 0 amide bonds. The van der Waals surface area contributed by atoms with Crippen LogP contribution in [0.15, 0.2) is 28.4 Å². The number of rotatable bonds is 2. The summed E-state index contributed by atoms with van der Waals surface area (Å²) in [5.74, 6) is -0.672. The highest BCUT2D eigenvalue weighted by Crippen LogP contribution is 2.28. The average molecular weight is 374 g/mol. The molecule has 3 rings (SSSR count). The lowest BCUT2D eigenvalue weighted by Crippen LogP contribution is -2.44. The van der Waals surface area contributed by atoms with E-state index in [0.29, 0.717) is 16.1 Å². The Kier molecular flexibility index (Phi) is 4.18. The molecule has 2 aromatic heterocycles. The van der Waals surface area contributed by atoms with E-state index in [1.54, 1.807) is 25.4 Å². The van der Waals surface area contributed by atoms with Gasteiger partial charge in [-0.25, -0.2) is 9.98 Å². The molecule has 0 aliphatic carbocycles. The number of H-pyrrole nitrogens is 1. The number of alkyl halides is 3. The van der Waals surface area contributed by atoms with Crippen molar-refractivity contribution in [1.82, 2.24) is 9.97 Å². The number of amidine groups is 1. The van der Waals surface area contributed by atoms with Crippen LogP contribution in [0.25, 0.3) is 10.9 Å². The van der Waals surface area contributed by atoms with E-state index in [9.17, 15) is 13.2 Å². The van der Waals surface area contributed by atoms with Gasteiger partial charge in [-0.1, -0.05) is 23.8 Å². The number of nitrogens with zero attached hydrogens (tertiary/aromatic N) is 3. The zero-order valence-corrected chi connectivity index (χ0v) is 13.8. The van der Waals surface area contributed by atoms with E-state index in [1.165, 1.54) is 0 Å². The van der Waals surface area contributed by atoms with Gasteiger partial charge in [-0.05, 0) is 13.0 Å². The summed E-state index contributed by atoms with van der Waals surface area (Å²) >= 11 is 10.8. The Balaban J connectivity index is 2.02. The molecular formula is C14H11ClF3N5S. The highest BCUT2D eigenvalue weighted by Gasteiger charge is 2.42. The summed E-state index contributed by atoms with van der Waals surface area (Å²) in [5.41, 5.74) is 5.64. The molecule has 1 aliphatic heterocycles. The Bertz CT molecular complexity index is 886. The van der Waals surface area contributed by atoms with Crippen molar-refractivity contribution in [2.75, 3.05) is 0 Å². The first-order chi connectivity index (χ1) is 11.2. The number of hydrogen-bond donors (Lipinski definition) is 2. The number of thiocarbonyl (C=S) groups is 1. The molecule has 0 saturated carbocycles. The summed E-state index contributed by atoms with van der Waals surface area (Å²) < 4.78 is 39.2. The summed E-state index contributed by atoms with van der Waals surface area (Å²) in [6.07, 6.45) is -2.78. The third-order valence-electron chi connectivity index (χ3n) is 3.64. The van der Waals surface area contributed by atoms with Crippen LogP contribution in [0.4, 0.5) is 13.2 Å². The van der Waals surface area contributed by atoms with Crippen LogP contribution in [0.3, 0.4) is 0 Å². The molecule has 5 nitrogen and oxygen atoms in total. The zero-order valence-electron chi connectivity index (χ0n) is 12.2. The van der Waals surface area contributed by atoms with Crippen LogP contribution in [0.2, 0.25) is 5.02 Å². The first kappa shape index (κ1) is 17.0. The molecule has 10 heteroatoms. The molecule has 24 heavy (non-hydrogen) atoms. The van der Waals surface area contributed by atoms with Crippen LogP contribution in [0.5, 0.6) is 0 Å². The number of hydrogen-bond acceptors (Lipinski definition) is 5. The molecule has 2 aromatic rings. The van der Waals surface area contributed by atoms with E-state index >= 15 is 0 Å². The third-order valence-corrected chi connectivity index (χ3v) is 4.38. The van der Waals surface area contributed by atoms with Crippen LogP contribution in [0, 0.1) is 0 Å². The Morgan fingerprint density at radius 3 is 2.79 bits per heavy atom. The van der Waals surface area contributed by atoms with Crippen LogP contribution in [0.1, 0.15) is 18.5 Å². The van der Waals surface area contributed by atoms with Crippen molar-refractivity contribution in [3.05, 3.63) is 29.2 Å². The molecule has 126 valence electrons. The summed E-state index contributed by atoms with van der Waals surface area (Å²) in [6, 6.07) is 1.68. The number of aliphatic imine (C=N–C) groups is 2. The zero-order chi connectivity index (χ0) is 17.6. The van der Waals surface area contributed by atoms with E-state index in [-0.39, 0.29) is 5.84 Å². The maximum atomic E-state index is 13.1. The van der Waals surface area contributed by atoms with Crippen LogP contribution in [-0.2, 0) is 0 Å². The minimum atomic E-state index is -4.68. The molecule has 0 radical (unpaired) electrons. The van der Waals surface area contributed by atoms with Gasteiger partial charge >= 0.3 is 6.18 Å². The quantitative estimate of drug-likeness (QED) is 0.792. The van der Waals surface area contributed by atoms with Crippen LogP contribution >= 0.6 is 23.8 Å². The van der Waals surface area contributed by atoms with Crippen LogP contribution < -0.4 is 5.73 Å². The molecular weight excluding hydrogens is 363 g/mol. The predicted molar refractivity (Wildman–Crippen MR) is 91.0 cm³/mol. The van der Waals surface area contributed by atoms with Gasteiger partial charge in [0, 0.05) is 11.6 Å². The van der Waals surface area contributed by atoms with Gasteiger partial charge in [-0.2, -0.15) is 13.2 Å². The van der Waals surface area contributed by atoms with Gasteiger partial charge in [0.1, 0.15) is 12.0 Å². The van der Waals surface area contributed by atoms with Gasteiger partial charge in [0.15, 0.2) is 5.71 Å². The lowest BCUT2D eigenvalue weighted by molar-refractivity contribution is -0.0566. The number of halogens is 4. The second-order valence-electron chi connectivity index (χ2n) is 5.27. The summed E-state index contributed by atoms with van der Waals surface area (Å²) in [4.78, 5) is 14.2. The number of nitrogens with one attached hydrogen (secondary N) is 1. The van der Waals surface area contributed by atoms with Crippen molar-refractivity contribution in [1.29, 1.82) is 0 Å². The maximum Gasteiger partial charge on any atom is 0.434 e. The van der Waals surface area contributed by atoms with Gasteiger partial charge in [0.05, 0.1) is 33.2 Å². The van der Waals surface area contributed by atoms with Crippen molar-refractivity contribution in [2.24, 2.45) is 15.7 Å². The van der Waals surface area contributed by atoms with E-state index in [0.717, 1.165) is 5.52 Å². The van der Waals surface area contributed by atoms with Crippen molar-refractivity contribution < 1.29 is 13.2 Å². The molecule has 0 aromatic carbocycles. The molecule has 0 saturated heterocycles. The van der Waals surface area contributed by atoms with Crippen molar-refractivity contribution >= 4 is 51.1 Å². The molecule has 2 unspecified atom stereocenters. The van der Waals surface area contributed by atoms with E-state index in [2.05, 4.69) is 20.0 Å². The fourth-order valence-corrected chi connectivity index (χ4v) is 2.75. The number of nitrogens with two attached hydrogens (primary N) is 1. The minimum absolute atomic E-state index is 0.0677. The SMILES string of the molecule is CC(C1=NC(N)C(=S)C(C(F)(F)F)=N1)c1cc2c(Cl)c[nH]c2cn1. The standard InChI is InChI=1S/C14H11ClF3N5S/c1-5(8-2-6-7(15)3-20-9(6)4-21-8)13-22-11(14(16,17)18)10(24)12(19)23-13/h2-5,12,20H,19H2,1H3. The first-order valence-electron chi connectivity index (χ1n) is 6.84. The summed E-state index contributed by atoms with van der Waals surface area (Å²) in [7, 11) is 0.